The summed E-state index contributed by atoms with van der Waals surface area (Å²) in [5.41, 5.74) is 11.1. The predicted molar refractivity (Wildman–Crippen MR) is 109 cm³/mol. The summed E-state index contributed by atoms with van der Waals surface area (Å²) in [6, 6.07) is 19.5. The van der Waals surface area contributed by atoms with E-state index in [0.29, 0.717) is 6.42 Å². The van der Waals surface area contributed by atoms with Crippen LogP contribution in [-0.4, -0.2) is 10.1 Å². The smallest absolute Gasteiger partial charge is 0.167 e. The molecule has 4 rings (SSSR count). The second kappa shape index (κ2) is 7.99. The molecule has 0 aliphatic rings. The number of aromatic nitrogens is 2. The van der Waals surface area contributed by atoms with E-state index in [0.717, 1.165) is 38.0 Å². The van der Waals surface area contributed by atoms with Crippen molar-refractivity contribution in [1.29, 1.82) is 0 Å². The van der Waals surface area contributed by atoms with E-state index in [9.17, 15) is 0 Å². The number of halogens is 2. The lowest BCUT2D eigenvalue weighted by Gasteiger charge is -2.17. The number of para-hydroxylation sites is 1. The quantitative estimate of drug-likeness (QED) is 0.476. The second-order valence-electron chi connectivity index (χ2n) is 5.86. The van der Waals surface area contributed by atoms with E-state index in [4.69, 9.17) is 10.3 Å². The maximum atomic E-state index is 6.55. The number of hydrogen-bond acceptors (Lipinski definition) is 4. The number of hydrogen-bond donors (Lipinski definition) is 1. The van der Waals surface area contributed by atoms with Gasteiger partial charge in [-0.3, -0.25) is 4.98 Å². The average Bonchev–Trinajstić information content (AvgIpc) is 3.06. The maximum absolute atomic E-state index is 6.55. The largest absolute Gasteiger partial charge is 0.356 e. The highest BCUT2D eigenvalue weighted by atomic mass is 79.9. The Bertz CT molecular complexity index is 1020. The number of benzene rings is 2. The van der Waals surface area contributed by atoms with Crippen LogP contribution in [0.15, 0.2) is 75.9 Å². The molecule has 0 aliphatic heterocycles. The molecule has 0 amide bonds. The zero-order chi connectivity index (χ0) is 17.2. The van der Waals surface area contributed by atoms with Gasteiger partial charge in [0.1, 0.15) is 5.69 Å². The van der Waals surface area contributed by atoms with Crippen LogP contribution in [0.5, 0.6) is 0 Å². The summed E-state index contributed by atoms with van der Waals surface area (Å²) in [6.45, 7) is 0. The van der Waals surface area contributed by atoms with E-state index in [2.05, 4.69) is 26.1 Å². The molecule has 0 bridgehead atoms. The van der Waals surface area contributed by atoms with E-state index in [1.165, 1.54) is 0 Å². The minimum Gasteiger partial charge on any atom is -0.356 e. The molecule has 0 fully saturated rings. The monoisotopic (exact) mass is 429 g/mol. The van der Waals surface area contributed by atoms with Gasteiger partial charge in [-0.15, -0.1) is 12.4 Å². The fourth-order valence-electron chi connectivity index (χ4n) is 3.05. The van der Waals surface area contributed by atoms with Gasteiger partial charge in [0.05, 0.1) is 0 Å². The first-order valence-corrected chi connectivity index (χ1v) is 8.82. The average molecular weight is 431 g/mol. The second-order valence-corrected chi connectivity index (χ2v) is 6.71. The van der Waals surface area contributed by atoms with Crippen molar-refractivity contribution in [3.05, 3.63) is 82.6 Å². The van der Waals surface area contributed by atoms with Crippen molar-refractivity contribution in [3.8, 4) is 11.3 Å². The molecule has 0 saturated heterocycles. The molecular weight excluding hydrogens is 414 g/mol. The molecule has 2 aromatic heterocycles. The lowest BCUT2D eigenvalue weighted by Crippen LogP contribution is -2.16. The summed E-state index contributed by atoms with van der Waals surface area (Å²) in [4.78, 5) is 4.39. The van der Waals surface area contributed by atoms with Crippen LogP contribution in [0.25, 0.3) is 22.2 Å². The first-order valence-electron chi connectivity index (χ1n) is 8.02. The topological polar surface area (TPSA) is 64.9 Å². The molecule has 1 atom stereocenters. The molecule has 0 radical (unpaired) electrons. The molecule has 0 spiro atoms. The van der Waals surface area contributed by atoms with Crippen LogP contribution < -0.4 is 5.73 Å². The van der Waals surface area contributed by atoms with E-state index < -0.39 is 0 Å². The van der Waals surface area contributed by atoms with Crippen molar-refractivity contribution in [2.45, 2.75) is 12.5 Å². The molecule has 2 N–H and O–H groups in total. The van der Waals surface area contributed by atoms with E-state index in [1.54, 1.807) is 6.20 Å². The highest BCUT2D eigenvalue weighted by Crippen LogP contribution is 2.37. The van der Waals surface area contributed by atoms with Crippen molar-refractivity contribution in [3.63, 3.8) is 0 Å². The summed E-state index contributed by atoms with van der Waals surface area (Å²) in [6.07, 6.45) is 2.43. The van der Waals surface area contributed by atoms with Crippen molar-refractivity contribution in [2.24, 2.45) is 5.73 Å². The van der Waals surface area contributed by atoms with Crippen LogP contribution in [0.3, 0.4) is 0 Å². The molecule has 4 aromatic rings. The van der Waals surface area contributed by atoms with Crippen LogP contribution in [0.4, 0.5) is 0 Å². The molecule has 1 unspecified atom stereocenters. The number of nitrogens with two attached hydrogens (primary N) is 1. The summed E-state index contributed by atoms with van der Waals surface area (Å²) < 4.78 is 6.44. The summed E-state index contributed by atoms with van der Waals surface area (Å²) in [7, 11) is 0. The van der Waals surface area contributed by atoms with Gasteiger partial charge in [0, 0.05) is 39.8 Å². The van der Waals surface area contributed by atoms with Crippen molar-refractivity contribution >= 4 is 39.3 Å². The summed E-state index contributed by atoms with van der Waals surface area (Å²) in [5, 5.41) is 5.27. The number of pyridine rings is 1. The number of fused-ring (bicyclic) bond motifs is 1. The van der Waals surface area contributed by atoms with Gasteiger partial charge in [-0.25, -0.2) is 0 Å². The third kappa shape index (κ3) is 3.51. The minimum atomic E-state index is -0.212. The van der Waals surface area contributed by atoms with Crippen LogP contribution >= 0.6 is 28.3 Å². The summed E-state index contributed by atoms with van der Waals surface area (Å²) in [5.74, 6) is 0. The van der Waals surface area contributed by atoms with Gasteiger partial charge in [-0.05, 0) is 35.9 Å². The van der Waals surface area contributed by atoms with Crippen molar-refractivity contribution in [2.75, 3.05) is 0 Å². The first-order chi connectivity index (χ1) is 12.2. The predicted octanol–water partition coefficient (Wildman–Crippen LogP) is 5.32. The molecule has 132 valence electrons. The number of nitrogens with zero attached hydrogens (tertiary/aromatic N) is 2. The molecular formula is C20H17BrClN3O. The molecule has 26 heavy (non-hydrogen) atoms. The molecule has 0 saturated carbocycles. The van der Waals surface area contributed by atoms with Crippen molar-refractivity contribution < 1.29 is 4.52 Å². The van der Waals surface area contributed by atoms with Gasteiger partial charge in [0.2, 0.25) is 0 Å². The molecule has 2 aromatic carbocycles. The molecule has 2 heterocycles. The fraction of sp³-hybridized carbons (Fsp3) is 0.100. The SMILES string of the molecule is Cl.NC(Cc1ccccn1)c1c(Br)cccc1-c1noc2ccccc12. The summed E-state index contributed by atoms with van der Waals surface area (Å²) >= 11 is 3.65. The Labute approximate surface area is 166 Å². The Kier molecular flexibility index (Phi) is 5.71. The normalized spacial score (nSPS) is 11.9. The molecule has 0 aliphatic carbocycles. The Morgan fingerprint density at radius 3 is 2.62 bits per heavy atom. The third-order valence-corrected chi connectivity index (χ3v) is 4.90. The van der Waals surface area contributed by atoms with Crippen LogP contribution in [0.2, 0.25) is 0 Å². The standard InChI is InChI=1S/C20H16BrN3O.ClH/c21-16-9-5-8-15(20-14-7-1-2-10-18(14)25-24-20)19(16)17(22)12-13-6-3-4-11-23-13;/h1-11,17H,12,22H2;1H. The lowest BCUT2D eigenvalue weighted by atomic mass is 9.94. The minimum absolute atomic E-state index is 0. The van der Waals surface area contributed by atoms with Gasteiger partial charge >= 0.3 is 0 Å². The number of rotatable bonds is 4. The third-order valence-electron chi connectivity index (χ3n) is 4.21. The van der Waals surface area contributed by atoms with E-state index in [-0.39, 0.29) is 18.4 Å². The maximum Gasteiger partial charge on any atom is 0.167 e. The Morgan fingerprint density at radius 2 is 1.81 bits per heavy atom. The van der Waals surface area contributed by atoms with Gasteiger partial charge in [0.25, 0.3) is 0 Å². The van der Waals surface area contributed by atoms with Crippen LogP contribution in [0.1, 0.15) is 17.3 Å². The zero-order valence-electron chi connectivity index (χ0n) is 13.8. The van der Waals surface area contributed by atoms with Crippen molar-refractivity contribution in [1.82, 2.24) is 10.1 Å². The van der Waals surface area contributed by atoms with Gasteiger partial charge in [0.15, 0.2) is 5.58 Å². The van der Waals surface area contributed by atoms with E-state index in [1.807, 2.05) is 60.7 Å². The van der Waals surface area contributed by atoms with Gasteiger partial charge < -0.3 is 10.3 Å². The van der Waals surface area contributed by atoms with Gasteiger partial charge in [-0.1, -0.05) is 51.4 Å². The Morgan fingerprint density at radius 1 is 1.00 bits per heavy atom. The van der Waals surface area contributed by atoms with Crippen LogP contribution in [0, 0.1) is 0 Å². The highest BCUT2D eigenvalue weighted by molar-refractivity contribution is 9.10. The fourth-order valence-corrected chi connectivity index (χ4v) is 3.71. The molecule has 6 heteroatoms. The van der Waals surface area contributed by atoms with E-state index >= 15 is 0 Å². The first kappa shape index (κ1) is 18.6. The highest BCUT2D eigenvalue weighted by Gasteiger charge is 2.20. The molecule has 4 nitrogen and oxygen atoms in total. The van der Waals surface area contributed by atoms with Crippen LogP contribution in [-0.2, 0) is 6.42 Å². The Hall–Kier alpha value is -2.21. The Balaban J connectivity index is 0.00000196. The lowest BCUT2D eigenvalue weighted by molar-refractivity contribution is 0.459. The zero-order valence-corrected chi connectivity index (χ0v) is 16.2. The van der Waals surface area contributed by atoms with Gasteiger partial charge in [-0.2, -0.15) is 0 Å².